The normalized spacial score (nSPS) is 12.0. The fourth-order valence-corrected chi connectivity index (χ4v) is 1.09. The lowest BCUT2D eigenvalue weighted by Gasteiger charge is -2.08. The first-order valence-electron chi connectivity index (χ1n) is 4.15. The summed E-state index contributed by atoms with van der Waals surface area (Å²) in [7, 11) is 2.38. The highest BCUT2D eigenvalue weighted by Gasteiger charge is 2.21. The van der Waals surface area contributed by atoms with Crippen LogP contribution in [0.15, 0.2) is 18.2 Å². The summed E-state index contributed by atoms with van der Waals surface area (Å²) >= 11 is 0. The SMILES string of the molecule is COC(=O)C(F)c1cc(F)cc(OC)c1. The van der Waals surface area contributed by atoms with E-state index in [-0.39, 0.29) is 11.3 Å². The minimum Gasteiger partial charge on any atom is -0.497 e. The Bertz CT molecular complexity index is 366. The highest BCUT2D eigenvalue weighted by atomic mass is 19.1. The van der Waals surface area contributed by atoms with Crippen LogP contribution in [0.25, 0.3) is 0 Å². The number of benzene rings is 1. The van der Waals surface area contributed by atoms with Crippen molar-refractivity contribution >= 4 is 5.97 Å². The molecule has 1 unspecified atom stereocenters. The predicted molar refractivity (Wildman–Crippen MR) is 48.8 cm³/mol. The van der Waals surface area contributed by atoms with Crippen LogP contribution in [-0.2, 0) is 9.53 Å². The van der Waals surface area contributed by atoms with Crippen LogP contribution in [0, 0.1) is 5.82 Å². The molecule has 0 saturated heterocycles. The van der Waals surface area contributed by atoms with Crippen molar-refractivity contribution in [3.05, 3.63) is 29.6 Å². The van der Waals surface area contributed by atoms with Gasteiger partial charge in [-0.15, -0.1) is 0 Å². The van der Waals surface area contributed by atoms with E-state index in [1.54, 1.807) is 0 Å². The van der Waals surface area contributed by atoms with Crippen molar-refractivity contribution in [2.24, 2.45) is 0 Å². The van der Waals surface area contributed by atoms with E-state index in [0.29, 0.717) is 0 Å². The van der Waals surface area contributed by atoms with Gasteiger partial charge >= 0.3 is 5.97 Å². The molecular formula is C10H10F2O3. The summed E-state index contributed by atoms with van der Waals surface area (Å²) in [5.74, 6) is -1.59. The van der Waals surface area contributed by atoms with E-state index in [9.17, 15) is 13.6 Å². The second kappa shape index (κ2) is 4.72. The van der Waals surface area contributed by atoms with Crippen molar-refractivity contribution in [1.82, 2.24) is 0 Å². The third-order valence-electron chi connectivity index (χ3n) is 1.83. The molecule has 0 fully saturated rings. The van der Waals surface area contributed by atoms with Gasteiger partial charge in [0.05, 0.1) is 14.2 Å². The number of alkyl halides is 1. The third-order valence-corrected chi connectivity index (χ3v) is 1.83. The monoisotopic (exact) mass is 216 g/mol. The van der Waals surface area contributed by atoms with Crippen molar-refractivity contribution < 1.29 is 23.0 Å². The van der Waals surface area contributed by atoms with E-state index >= 15 is 0 Å². The smallest absolute Gasteiger partial charge is 0.345 e. The van der Waals surface area contributed by atoms with E-state index in [4.69, 9.17) is 4.74 Å². The highest BCUT2D eigenvalue weighted by molar-refractivity contribution is 5.76. The molecule has 0 aromatic heterocycles. The molecule has 0 aliphatic heterocycles. The lowest BCUT2D eigenvalue weighted by atomic mass is 10.1. The Balaban J connectivity index is 3.03. The van der Waals surface area contributed by atoms with Crippen LogP contribution in [0.2, 0.25) is 0 Å². The quantitative estimate of drug-likeness (QED) is 0.725. The van der Waals surface area contributed by atoms with Gasteiger partial charge in [0.25, 0.3) is 0 Å². The van der Waals surface area contributed by atoms with Crippen LogP contribution in [0.4, 0.5) is 8.78 Å². The Kier molecular flexibility index (Phi) is 3.60. The molecule has 1 atom stereocenters. The third kappa shape index (κ3) is 2.65. The van der Waals surface area contributed by atoms with Crippen LogP contribution < -0.4 is 4.74 Å². The fourth-order valence-electron chi connectivity index (χ4n) is 1.09. The van der Waals surface area contributed by atoms with E-state index < -0.39 is 18.0 Å². The molecule has 82 valence electrons. The number of methoxy groups -OCH3 is 2. The molecule has 0 N–H and O–H groups in total. The van der Waals surface area contributed by atoms with Crippen LogP contribution in [0.5, 0.6) is 5.75 Å². The van der Waals surface area contributed by atoms with Gasteiger partial charge in [0.2, 0.25) is 6.17 Å². The Morgan fingerprint density at radius 1 is 1.33 bits per heavy atom. The summed E-state index contributed by atoms with van der Waals surface area (Å²) in [6, 6.07) is 3.25. The average molecular weight is 216 g/mol. The largest absolute Gasteiger partial charge is 0.497 e. The summed E-state index contributed by atoms with van der Waals surface area (Å²) in [4.78, 5) is 10.9. The Morgan fingerprint density at radius 3 is 2.53 bits per heavy atom. The van der Waals surface area contributed by atoms with Gasteiger partial charge in [-0.25, -0.2) is 13.6 Å². The van der Waals surface area contributed by atoms with E-state index in [1.165, 1.54) is 13.2 Å². The first-order valence-corrected chi connectivity index (χ1v) is 4.15. The summed E-state index contributed by atoms with van der Waals surface area (Å²) in [5.41, 5.74) is -0.126. The number of rotatable bonds is 3. The minimum atomic E-state index is -2.00. The molecule has 1 aromatic carbocycles. The lowest BCUT2D eigenvalue weighted by molar-refractivity contribution is -0.146. The zero-order valence-electron chi connectivity index (χ0n) is 8.29. The fraction of sp³-hybridized carbons (Fsp3) is 0.300. The molecular weight excluding hydrogens is 206 g/mol. The number of hydrogen-bond acceptors (Lipinski definition) is 3. The summed E-state index contributed by atoms with van der Waals surface area (Å²) in [5, 5.41) is 0. The number of hydrogen-bond donors (Lipinski definition) is 0. The zero-order valence-corrected chi connectivity index (χ0v) is 8.29. The van der Waals surface area contributed by atoms with Gasteiger partial charge in [-0.1, -0.05) is 0 Å². The van der Waals surface area contributed by atoms with Crippen LogP contribution in [0.1, 0.15) is 11.7 Å². The maximum atomic E-state index is 13.3. The van der Waals surface area contributed by atoms with Crippen molar-refractivity contribution in [1.29, 1.82) is 0 Å². The zero-order chi connectivity index (χ0) is 11.4. The second-order valence-corrected chi connectivity index (χ2v) is 2.81. The van der Waals surface area contributed by atoms with E-state index in [1.807, 2.05) is 0 Å². The Morgan fingerprint density at radius 2 is 2.00 bits per heavy atom. The number of carbonyl (C=O) groups excluding carboxylic acids is 1. The molecule has 0 spiro atoms. The van der Waals surface area contributed by atoms with Crippen molar-refractivity contribution in [2.45, 2.75) is 6.17 Å². The van der Waals surface area contributed by atoms with Crippen LogP contribution in [-0.4, -0.2) is 20.2 Å². The summed E-state index contributed by atoms with van der Waals surface area (Å²) in [6.07, 6.45) is -2.00. The standard InChI is InChI=1S/C10H10F2O3/c1-14-8-4-6(3-7(11)5-8)9(12)10(13)15-2/h3-5,9H,1-2H3. The van der Waals surface area contributed by atoms with Gasteiger partial charge in [0, 0.05) is 11.6 Å². The number of ether oxygens (including phenoxy) is 2. The van der Waals surface area contributed by atoms with Gasteiger partial charge in [-0.05, 0) is 12.1 Å². The second-order valence-electron chi connectivity index (χ2n) is 2.81. The molecule has 1 aromatic rings. The summed E-state index contributed by atoms with van der Waals surface area (Å²) in [6.45, 7) is 0. The molecule has 0 bridgehead atoms. The lowest BCUT2D eigenvalue weighted by Crippen LogP contribution is -2.09. The first kappa shape index (κ1) is 11.4. The molecule has 0 amide bonds. The molecule has 0 radical (unpaired) electrons. The highest BCUT2D eigenvalue weighted by Crippen LogP contribution is 2.24. The maximum absolute atomic E-state index is 13.3. The topological polar surface area (TPSA) is 35.5 Å². The first-order chi connectivity index (χ1) is 7.08. The number of halogens is 2. The van der Waals surface area contributed by atoms with Gasteiger partial charge in [-0.3, -0.25) is 0 Å². The van der Waals surface area contributed by atoms with E-state index in [2.05, 4.69) is 4.74 Å². The molecule has 0 heterocycles. The van der Waals surface area contributed by atoms with Crippen molar-refractivity contribution in [3.63, 3.8) is 0 Å². The van der Waals surface area contributed by atoms with Crippen LogP contribution in [0.3, 0.4) is 0 Å². The van der Waals surface area contributed by atoms with E-state index in [0.717, 1.165) is 19.2 Å². The number of esters is 1. The Labute approximate surface area is 85.6 Å². The van der Waals surface area contributed by atoms with Gasteiger partial charge < -0.3 is 9.47 Å². The molecule has 1 rings (SSSR count). The molecule has 0 aliphatic rings. The molecule has 5 heteroatoms. The van der Waals surface area contributed by atoms with Crippen LogP contribution >= 0.6 is 0 Å². The average Bonchev–Trinajstić information content (AvgIpc) is 2.26. The minimum absolute atomic E-state index is 0.126. The molecule has 0 saturated carbocycles. The molecule has 0 aliphatic carbocycles. The molecule has 15 heavy (non-hydrogen) atoms. The van der Waals surface area contributed by atoms with Crippen molar-refractivity contribution in [3.8, 4) is 5.75 Å². The number of carbonyl (C=O) groups is 1. The van der Waals surface area contributed by atoms with Crippen molar-refractivity contribution in [2.75, 3.05) is 14.2 Å². The molecule has 3 nitrogen and oxygen atoms in total. The van der Waals surface area contributed by atoms with Gasteiger partial charge in [0.15, 0.2) is 0 Å². The van der Waals surface area contributed by atoms with Gasteiger partial charge in [0.1, 0.15) is 11.6 Å². The maximum Gasteiger partial charge on any atom is 0.345 e. The Hall–Kier alpha value is -1.65. The summed E-state index contributed by atoms with van der Waals surface area (Å²) < 4.78 is 35.2. The predicted octanol–water partition coefficient (Wildman–Crippen LogP) is 2.02. The van der Waals surface area contributed by atoms with Gasteiger partial charge in [-0.2, -0.15) is 0 Å².